The Kier molecular flexibility index (Phi) is 1.50. The molecule has 1 atom stereocenters. The van der Waals surface area contributed by atoms with Gasteiger partial charge in [0.15, 0.2) is 0 Å². The minimum Gasteiger partial charge on any atom is -0.331 e. The van der Waals surface area contributed by atoms with Crippen molar-refractivity contribution in [2.75, 3.05) is 0 Å². The van der Waals surface area contributed by atoms with Crippen molar-refractivity contribution < 1.29 is 0 Å². The SMILES string of the molecule is N[C@@H]1CCc2ncn(C3CC3)c2C1. The normalized spacial score (nSPS) is 27.3. The molecule has 0 saturated heterocycles. The number of fused-ring (bicyclic) bond motifs is 1. The standard InChI is InChI=1S/C10H15N3/c11-7-1-4-9-10(5-7)13(6-12-9)8-2-3-8/h6-8H,1-5,11H2/t7-/m1/s1. The van der Waals surface area contributed by atoms with E-state index in [0.717, 1.165) is 25.3 Å². The summed E-state index contributed by atoms with van der Waals surface area (Å²) < 4.78 is 2.36. The van der Waals surface area contributed by atoms with Crippen LogP contribution in [0.1, 0.15) is 36.7 Å². The van der Waals surface area contributed by atoms with Crippen molar-refractivity contribution in [1.82, 2.24) is 9.55 Å². The van der Waals surface area contributed by atoms with Crippen LogP contribution in [0.25, 0.3) is 0 Å². The van der Waals surface area contributed by atoms with E-state index in [1.54, 1.807) is 0 Å². The molecule has 2 aliphatic carbocycles. The van der Waals surface area contributed by atoms with E-state index in [9.17, 15) is 0 Å². The van der Waals surface area contributed by atoms with Gasteiger partial charge in [-0.2, -0.15) is 0 Å². The number of nitrogens with two attached hydrogens (primary N) is 1. The van der Waals surface area contributed by atoms with Gasteiger partial charge in [0.25, 0.3) is 0 Å². The lowest BCUT2D eigenvalue weighted by molar-refractivity contribution is 0.540. The summed E-state index contributed by atoms with van der Waals surface area (Å²) in [5.41, 5.74) is 8.67. The van der Waals surface area contributed by atoms with Gasteiger partial charge in [-0.3, -0.25) is 0 Å². The lowest BCUT2D eigenvalue weighted by Crippen LogP contribution is -2.29. The summed E-state index contributed by atoms with van der Waals surface area (Å²) in [7, 11) is 0. The van der Waals surface area contributed by atoms with E-state index in [-0.39, 0.29) is 0 Å². The Labute approximate surface area is 78.0 Å². The van der Waals surface area contributed by atoms with Crippen LogP contribution in [0.2, 0.25) is 0 Å². The molecule has 1 aromatic heterocycles. The van der Waals surface area contributed by atoms with Crippen molar-refractivity contribution in [3.8, 4) is 0 Å². The summed E-state index contributed by atoms with van der Waals surface area (Å²) in [6.45, 7) is 0. The lowest BCUT2D eigenvalue weighted by Gasteiger charge is -2.19. The van der Waals surface area contributed by atoms with E-state index in [2.05, 4.69) is 9.55 Å². The van der Waals surface area contributed by atoms with Gasteiger partial charge >= 0.3 is 0 Å². The first-order chi connectivity index (χ1) is 6.34. The van der Waals surface area contributed by atoms with Crippen molar-refractivity contribution in [3.63, 3.8) is 0 Å². The first kappa shape index (κ1) is 7.56. The van der Waals surface area contributed by atoms with E-state index < -0.39 is 0 Å². The molecular formula is C10H15N3. The molecule has 3 nitrogen and oxygen atoms in total. The van der Waals surface area contributed by atoms with Crippen LogP contribution < -0.4 is 5.73 Å². The highest BCUT2D eigenvalue weighted by Crippen LogP contribution is 2.37. The summed E-state index contributed by atoms with van der Waals surface area (Å²) in [4.78, 5) is 4.46. The molecular weight excluding hydrogens is 162 g/mol. The third-order valence-electron chi connectivity index (χ3n) is 3.13. The van der Waals surface area contributed by atoms with Gasteiger partial charge in [-0.05, 0) is 25.7 Å². The van der Waals surface area contributed by atoms with Crippen molar-refractivity contribution >= 4 is 0 Å². The zero-order valence-electron chi connectivity index (χ0n) is 7.74. The minimum absolute atomic E-state index is 0.363. The van der Waals surface area contributed by atoms with E-state index in [4.69, 9.17) is 5.73 Å². The highest BCUT2D eigenvalue weighted by atomic mass is 15.1. The van der Waals surface area contributed by atoms with Gasteiger partial charge in [-0.15, -0.1) is 0 Å². The molecule has 0 spiro atoms. The van der Waals surface area contributed by atoms with Crippen LogP contribution >= 0.6 is 0 Å². The van der Waals surface area contributed by atoms with Gasteiger partial charge in [0, 0.05) is 24.2 Å². The Morgan fingerprint density at radius 2 is 2.23 bits per heavy atom. The first-order valence-electron chi connectivity index (χ1n) is 5.15. The van der Waals surface area contributed by atoms with Crippen molar-refractivity contribution in [3.05, 3.63) is 17.7 Å². The first-order valence-corrected chi connectivity index (χ1v) is 5.15. The van der Waals surface area contributed by atoms with Gasteiger partial charge < -0.3 is 10.3 Å². The quantitative estimate of drug-likeness (QED) is 0.696. The zero-order chi connectivity index (χ0) is 8.84. The van der Waals surface area contributed by atoms with Crippen molar-refractivity contribution in [1.29, 1.82) is 0 Å². The summed E-state index contributed by atoms with van der Waals surface area (Å²) >= 11 is 0. The van der Waals surface area contributed by atoms with Gasteiger partial charge in [-0.25, -0.2) is 4.98 Å². The molecule has 2 aliphatic rings. The molecule has 1 aromatic rings. The second kappa shape index (κ2) is 2.58. The number of aromatic nitrogens is 2. The predicted molar refractivity (Wildman–Crippen MR) is 50.5 cm³/mol. The van der Waals surface area contributed by atoms with Crippen LogP contribution in [0.4, 0.5) is 0 Å². The smallest absolute Gasteiger partial charge is 0.0954 e. The van der Waals surface area contributed by atoms with Crippen LogP contribution in [0.5, 0.6) is 0 Å². The Hall–Kier alpha value is -0.830. The number of hydrogen-bond donors (Lipinski definition) is 1. The maximum atomic E-state index is 5.96. The van der Waals surface area contributed by atoms with Crippen molar-refractivity contribution in [2.45, 2.75) is 44.2 Å². The summed E-state index contributed by atoms with van der Waals surface area (Å²) in [5.74, 6) is 0. The maximum Gasteiger partial charge on any atom is 0.0954 e. The van der Waals surface area contributed by atoms with E-state index in [1.165, 1.54) is 24.2 Å². The molecule has 0 radical (unpaired) electrons. The fourth-order valence-corrected chi connectivity index (χ4v) is 2.20. The Balaban J connectivity index is 1.99. The molecule has 13 heavy (non-hydrogen) atoms. The second-order valence-corrected chi connectivity index (χ2v) is 4.28. The molecule has 1 saturated carbocycles. The molecule has 3 rings (SSSR count). The van der Waals surface area contributed by atoms with Crippen LogP contribution in [-0.4, -0.2) is 15.6 Å². The Morgan fingerprint density at radius 3 is 3.00 bits per heavy atom. The van der Waals surface area contributed by atoms with Gasteiger partial charge in [0.05, 0.1) is 12.0 Å². The highest BCUT2D eigenvalue weighted by molar-refractivity contribution is 5.20. The Bertz CT molecular complexity index is 325. The summed E-state index contributed by atoms with van der Waals surface area (Å²) in [5, 5.41) is 0. The molecule has 0 aromatic carbocycles. The minimum atomic E-state index is 0.363. The fraction of sp³-hybridized carbons (Fsp3) is 0.700. The molecule has 0 unspecified atom stereocenters. The van der Waals surface area contributed by atoms with E-state index >= 15 is 0 Å². The molecule has 0 bridgehead atoms. The predicted octanol–water partition coefficient (Wildman–Crippen LogP) is 1.03. The monoisotopic (exact) mass is 177 g/mol. The van der Waals surface area contributed by atoms with Crippen molar-refractivity contribution in [2.24, 2.45) is 5.73 Å². The molecule has 0 amide bonds. The number of rotatable bonds is 1. The number of nitrogens with zero attached hydrogens (tertiary/aromatic N) is 2. The maximum absolute atomic E-state index is 5.96. The van der Waals surface area contributed by atoms with Crippen LogP contribution in [0, 0.1) is 0 Å². The number of imidazole rings is 1. The largest absolute Gasteiger partial charge is 0.331 e. The third kappa shape index (κ3) is 1.18. The summed E-state index contributed by atoms with van der Waals surface area (Å²) in [6.07, 6.45) is 7.90. The molecule has 70 valence electrons. The van der Waals surface area contributed by atoms with Crippen LogP contribution in [0.15, 0.2) is 6.33 Å². The fourth-order valence-electron chi connectivity index (χ4n) is 2.20. The van der Waals surface area contributed by atoms with Crippen LogP contribution in [-0.2, 0) is 12.8 Å². The van der Waals surface area contributed by atoms with E-state index in [0.29, 0.717) is 6.04 Å². The molecule has 2 N–H and O–H groups in total. The van der Waals surface area contributed by atoms with Gasteiger partial charge in [-0.1, -0.05) is 0 Å². The average Bonchev–Trinajstić information content (AvgIpc) is 2.87. The average molecular weight is 177 g/mol. The second-order valence-electron chi connectivity index (χ2n) is 4.28. The van der Waals surface area contributed by atoms with E-state index in [1.807, 2.05) is 6.33 Å². The number of aryl methyl sites for hydroxylation is 1. The third-order valence-corrected chi connectivity index (χ3v) is 3.13. The lowest BCUT2D eigenvalue weighted by atomic mass is 9.97. The zero-order valence-corrected chi connectivity index (χ0v) is 7.74. The van der Waals surface area contributed by atoms with Gasteiger partial charge in [0.2, 0.25) is 0 Å². The molecule has 1 heterocycles. The molecule has 1 fully saturated rings. The van der Waals surface area contributed by atoms with Gasteiger partial charge in [0.1, 0.15) is 0 Å². The number of hydrogen-bond acceptors (Lipinski definition) is 2. The Morgan fingerprint density at radius 1 is 1.38 bits per heavy atom. The topological polar surface area (TPSA) is 43.8 Å². The molecule has 3 heteroatoms. The van der Waals surface area contributed by atoms with Crippen LogP contribution in [0.3, 0.4) is 0 Å². The highest BCUT2D eigenvalue weighted by Gasteiger charge is 2.29. The molecule has 0 aliphatic heterocycles. The summed E-state index contributed by atoms with van der Waals surface area (Å²) in [6, 6.07) is 1.11.